The molecule has 0 aliphatic heterocycles. The van der Waals surface area contributed by atoms with Gasteiger partial charge in [0.1, 0.15) is 0 Å². The van der Waals surface area contributed by atoms with Crippen molar-refractivity contribution in [3.63, 3.8) is 0 Å². The van der Waals surface area contributed by atoms with Gasteiger partial charge in [0.05, 0.1) is 6.61 Å². The van der Waals surface area contributed by atoms with Gasteiger partial charge in [-0.1, -0.05) is 18.2 Å². The van der Waals surface area contributed by atoms with Crippen molar-refractivity contribution in [1.29, 1.82) is 0 Å². The Morgan fingerprint density at radius 2 is 2.00 bits per heavy atom. The Hall–Kier alpha value is -1.06. The summed E-state index contributed by atoms with van der Waals surface area (Å²) in [6.45, 7) is 6.28. The van der Waals surface area contributed by atoms with Crippen LogP contribution in [0.25, 0.3) is 0 Å². The van der Waals surface area contributed by atoms with Crippen LogP contribution in [0.5, 0.6) is 0 Å². The molecule has 1 saturated carbocycles. The lowest BCUT2D eigenvalue weighted by Gasteiger charge is -2.29. The van der Waals surface area contributed by atoms with Crippen LogP contribution in [-0.4, -0.2) is 44.3 Å². The fourth-order valence-corrected chi connectivity index (χ4v) is 2.50. The van der Waals surface area contributed by atoms with E-state index in [0.29, 0.717) is 6.04 Å². The predicted octanol–water partition coefficient (Wildman–Crippen LogP) is 2.85. The van der Waals surface area contributed by atoms with E-state index in [4.69, 9.17) is 4.74 Å². The van der Waals surface area contributed by atoms with Gasteiger partial charge in [-0.25, -0.2) is 0 Å². The minimum Gasteiger partial charge on any atom is -0.384 e. The summed E-state index contributed by atoms with van der Waals surface area (Å²) in [6, 6.07) is 11.1. The fraction of sp³-hybridized carbons (Fsp3) is 0.625. The molecule has 3 nitrogen and oxygen atoms in total. The zero-order valence-corrected chi connectivity index (χ0v) is 12.1. The first-order valence-corrected chi connectivity index (χ1v) is 7.33. The Balaban J connectivity index is 1.75. The van der Waals surface area contributed by atoms with Crippen LogP contribution in [-0.2, 0) is 4.74 Å². The highest BCUT2D eigenvalue weighted by Gasteiger charge is 2.31. The largest absolute Gasteiger partial charge is 0.384 e. The molecule has 3 heteroatoms. The number of anilines is 1. The fourth-order valence-electron chi connectivity index (χ4n) is 2.50. The van der Waals surface area contributed by atoms with Crippen molar-refractivity contribution in [1.82, 2.24) is 4.90 Å². The topological polar surface area (TPSA) is 24.5 Å². The molecule has 1 atom stereocenters. The van der Waals surface area contributed by atoms with Gasteiger partial charge in [0.25, 0.3) is 0 Å². The summed E-state index contributed by atoms with van der Waals surface area (Å²) >= 11 is 0. The highest BCUT2D eigenvalue weighted by atomic mass is 16.5. The molecule has 1 fully saturated rings. The zero-order chi connectivity index (χ0) is 13.5. The van der Waals surface area contributed by atoms with Crippen molar-refractivity contribution in [3.8, 4) is 0 Å². The van der Waals surface area contributed by atoms with Crippen molar-refractivity contribution in [2.24, 2.45) is 5.92 Å². The average Bonchev–Trinajstić information content (AvgIpc) is 3.27. The normalized spacial score (nSPS) is 16.6. The molecule has 1 N–H and O–H groups in total. The number of ether oxygens (including phenoxy) is 1. The number of nitrogens with zero attached hydrogens (tertiary/aromatic N) is 1. The first-order valence-electron chi connectivity index (χ1n) is 7.33. The molecule has 0 bridgehead atoms. The van der Waals surface area contributed by atoms with Crippen LogP contribution in [0.3, 0.4) is 0 Å². The molecule has 0 aromatic heterocycles. The van der Waals surface area contributed by atoms with E-state index in [1.165, 1.54) is 18.5 Å². The van der Waals surface area contributed by atoms with Crippen LogP contribution >= 0.6 is 0 Å². The molecule has 0 heterocycles. The minimum atomic E-state index is 0.688. The van der Waals surface area contributed by atoms with Crippen LogP contribution in [0.2, 0.25) is 0 Å². The Labute approximate surface area is 116 Å². The van der Waals surface area contributed by atoms with Crippen molar-refractivity contribution >= 4 is 5.69 Å². The van der Waals surface area contributed by atoms with Gasteiger partial charge in [-0.05, 0) is 37.8 Å². The molecule has 1 aliphatic carbocycles. The number of hydrogen-bond donors (Lipinski definition) is 1. The Morgan fingerprint density at radius 3 is 2.63 bits per heavy atom. The van der Waals surface area contributed by atoms with Crippen molar-refractivity contribution in [2.75, 3.05) is 38.7 Å². The maximum Gasteiger partial charge on any atom is 0.0589 e. The van der Waals surface area contributed by atoms with Gasteiger partial charge in [0.15, 0.2) is 0 Å². The molecular weight excluding hydrogens is 236 g/mol. The molecule has 19 heavy (non-hydrogen) atoms. The van der Waals surface area contributed by atoms with E-state index in [2.05, 4.69) is 41.4 Å². The molecule has 0 spiro atoms. The van der Waals surface area contributed by atoms with E-state index in [-0.39, 0.29) is 0 Å². The average molecular weight is 262 g/mol. The van der Waals surface area contributed by atoms with E-state index in [0.717, 1.165) is 32.2 Å². The van der Waals surface area contributed by atoms with E-state index in [1.807, 2.05) is 6.07 Å². The molecule has 0 radical (unpaired) electrons. The van der Waals surface area contributed by atoms with Crippen LogP contribution < -0.4 is 5.32 Å². The summed E-state index contributed by atoms with van der Waals surface area (Å²) in [6.07, 6.45) is 2.80. The van der Waals surface area contributed by atoms with Gasteiger partial charge >= 0.3 is 0 Å². The Kier molecular flexibility index (Phi) is 5.67. The van der Waals surface area contributed by atoms with Crippen LogP contribution in [0.15, 0.2) is 30.3 Å². The molecule has 1 aromatic carbocycles. The minimum absolute atomic E-state index is 0.688. The van der Waals surface area contributed by atoms with Crippen LogP contribution in [0, 0.1) is 5.92 Å². The summed E-state index contributed by atoms with van der Waals surface area (Å²) in [5.41, 5.74) is 1.20. The maximum absolute atomic E-state index is 5.23. The Bertz CT molecular complexity index is 351. The second-order valence-corrected chi connectivity index (χ2v) is 5.40. The standard InChI is InChI=1S/C16H26N2O/c1-14(15-8-9-15)18(12-13-19-2)11-10-17-16-6-4-3-5-7-16/h3-7,14-15,17H,8-13H2,1-2H3. The molecular formula is C16H26N2O. The second-order valence-electron chi connectivity index (χ2n) is 5.40. The lowest BCUT2D eigenvalue weighted by Crippen LogP contribution is -2.40. The molecule has 106 valence electrons. The van der Waals surface area contributed by atoms with Crippen molar-refractivity contribution < 1.29 is 4.74 Å². The van der Waals surface area contributed by atoms with Gasteiger partial charge in [-0.15, -0.1) is 0 Å². The van der Waals surface area contributed by atoms with E-state index in [9.17, 15) is 0 Å². The smallest absolute Gasteiger partial charge is 0.0589 e. The van der Waals surface area contributed by atoms with Crippen LogP contribution in [0.4, 0.5) is 5.69 Å². The summed E-state index contributed by atoms with van der Waals surface area (Å²) < 4.78 is 5.23. The number of para-hydroxylation sites is 1. The molecule has 0 saturated heterocycles. The summed E-state index contributed by atoms with van der Waals surface area (Å²) in [5.74, 6) is 0.911. The van der Waals surface area contributed by atoms with Crippen molar-refractivity contribution in [2.45, 2.75) is 25.8 Å². The highest BCUT2D eigenvalue weighted by molar-refractivity contribution is 5.42. The lowest BCUT2D eigenvalue weighted by molar-refractivity contribution is 0.120. The SMILES string of the molecule is COCCN(CCNc1ccccc1)C(C)C1CC1. The zero-order valence-electron chi connectivity index (χ0n) is 12.1. The van der Waals surface area contributed by atoms with Gasteiger partial charge in [-0.2, -0.15) is 0 Å². The monoisotopic (exact) mass is 262 g/mol. The molecule has 0 amide bonds. The second kappa shape index (κ2) is 7.51. The third-order valence-electron chi connectivity index (χ3n) is 3.96. The quantitative estimate of drug-likeness (QED) is 0.740. The van der Waals surface area contributed by atoms with Gasteiger partial charge in [-0.3, -0.25) is 4.90 Å². The summed E-state index contributed by atoms with van der Waals surface area (Å²) in [4.78, 5) is 2.55. The number of nitrogens with one attached hydrogen (secondary N) is 1. The summed E-state index contributed by atoms with van der Waals surface area (Å²) in [5, 5.41) is 3.48. The maximum atomic E-state index is 5.23. The van der Waals surface area contributed by atoms with Crippen LogP contribution in [0.1, 0.15) is 19.8 Å². The molecule has 2 rings (SSSR count). The highest BCUT2D eigenvalue weighted by Crippen LogP contribution is 2.34. The van der Waals surface area contributed by atoms with Crippen molar-refractivity contribution in [3.05, 3.63) is 30.3 Å². The van der Waals surface area contributed by atoms with Gasteiger partial charge in [0.2, 0.25) is 0 Å². The molecule has 1 aromatic rings. The number of benzene rings is 1. The van der Waals surface area contributed by atoms with E-state index < -0.39 is 0 Å². The summed E-state index contributed by atoms with van der Waals surface area (Å²) in [7, 11) is 1.78. The third-order valence-corrected chi connectivity index (χ3v) is 3.96. The van der Waals surface area contributed by atoms with Gasteiger partial charge < -0.3 is 10.1 Å². The van der Waals surface area contributed by atoms with E-state index >= 15 is 0 Å². The Morgan fingerprint density at radius 1 is 1.26 bits per heavy atom. The van der Waals surface area contributed by atoms with E-state index in [1.54, 1.807) is 7.11 Å². The van der Waals surface area contributed by atoms with Gasteiger partial charge in [0, 0.05) is 38.5 Å². The predicted molar refractivity (Wildman–Crippen MR) is 80.6 cm³/mol. The first kappa shape index (κ1) is 14.4. The number of hydrogen-bond acceptors (Lipinski definition) is 3. The number of rotatable bonds is 9. The number of methoxy groups -OCH3 is 1. The lowest BCUT2D eigenvalue weighted by atomic mass is 10.2. The first-order chi connectivity index (χ1) is 9.31. The molecule has 1 aliphatic rings. The molecule has 1 unspecified atom stereocenters. The third kappa shape index (κ3) is 4.84.